The van der Waals surface area contributed by atoms with Crippen molar-refractivity contribution in [3.8, 4) is 17.0 Å². The highest BCUT2D eigenvalue weighted by Gasteiger charge is 2.55. The van der Waals surface area contributed by atoms with Gasteiger partial charge >= 0.3 is 6.03 Å². The molecule has 8 nitrogen and oxygen atoms in total. The van der Waals surface area contributed by atoms with Crippen LogP contribution < -0.4 is 25.6 Å². The Morgan fingerprint density at radius 3 is 2.42 bits per heavy atom. The topological polar surface area (TPSA) is 104 Å². The molecule has 1 aromatic heterocycles. The number of nitrogens with one attached hydrogen (secondary N) is 1. The number of aromatic nitrogens is 1. The number of pyridine rings is 1. The SMILES string of the molecule is NCCOc1ccc(-c2ccc(N3CCN(C(=O)NC4[C@@H]5CC6C[C@H]4CC(O)(C6)C5)c4ccccc43)cc2)nc1. The number of nitrogens with zero attached hydrogens (tertiary/aromatic N) is 3. The summed E-state index contributed by atoms with van der Waals surface area (Å²) in [5, 5.41) is 14.4. The van der Waals surface area contributed by atoms with Gasteiger partial charge < -0.3 is 25.8 Å². The van der Waals surface area contributed by atoms with E-state index < -0.39 is 5.60 Å². The van der Waals surface area contributed by atoms with Gasteiger partial charge in [-0.3, -0.25) is 9.88 Å². The van der Waals surface area contributed by atoms with Crippen LogP contribution in [0.4, 0.5) is 21.9 Å². The summed E-state index contributed by atoms with van der Waals surface area (Å²) in [6.07, 6.45) is 6.59. The zero-order chi connectivity index (χ0) is 27.3. The molecule has 8 heteroatoms. The van der Waals surface area contributed by atoms with E-state index in [9.17, 15) is 9.90 Å². The molecule has 4 aliphatic carbocycles. The monoisotopic (exact) mass is 539 g/mol. The second kappa shape index (κ2) is 10.1. The summed E-state index contributed by atoms with van der Waals surface area (Å²) >= 11 is 0. The van der Waals surface area contributed by atoms with E-state index in [4.69, 9.17) is 10.5 Å². The van der Waals surface area contributed by atoms with E-state index in [1.54, 1.807) is 6.20 Å². The fourth-order valence-corrected chi connectivity index (χ4v) is 7.90. The molecule has 2 aromatic carbocycles. The van der Waals surface area contributed by atoms with Gasteiger partial charge in [0, 0.05) is 36.9 Å². The zero-order valence-corrected chi connectivity index (χ0v) is 22.7. The van der Waals surface area contributed by atoms with Gasteiger partial charge in [0.1, 0.15) is 12.4 Å². The Balaban J connectivity index is 1.07. The first kappa shape index (κ1) is 25.4. The van der Waals surface area contributed by atoms with Gasteiger partial charge in [-0.2, -0.15) is 0 Å². The van der Waals surface area contributed by atoms with E-state index in [0.717, 1.165) is 60.4 Å². The predicted molar refractivity (Wildman–Crippen MR) is 156 cm³/mol. The molecule has 4 N–H and O–H groups in total. The van der Waals surface area contributed by atoms with Crippen molar-refractivity contribution in [2.45, 2.75) is 43.7 Å². The Kier molecular flexibility index (Phi) is 6.40. The number of fused-ring (bicyclic) bond motifs is 1. The second-order valence-corrected chi connectivity index (χ2v) is 12.0. The fourth-order valence-electron chi connectivity index (χ4n) is 7.90. The number of carbonyl (C=O) groups is 1. The Labute approximate surface area is 235 Å². The highest BCUT2D eigenvalue weighted by Crippen LogP contribution is 2.55. The summed E-state index contributed by atoms with van der Waals surface area (Å²) in [6.45, 7) is 2.25. The molecular formula is C32H37N5O3. The number of carbonyl (C=O) groups excluding carboxylic acids is 1. The average molecular weight is 540 g/mol. The minimum absolute atomic E-state index is 0.0168. The fraction of sp³-hybridized carbons (Fsp3) is 0.438. The Morgan fingerprint density at radius 2 is 1.75 bits per heavy atom. The predicted octanol–water partition coefficient (Wildman–Crippen LogP) is 4.69. The molecule has 5 aliphatic rings. The number of urea groups is 1. The maximum atomic E-state index is 13.7. The van der Waals surface area contributed by atoms with E-state index >= 15 is 0 Å². The van der Waals surface area contributed by atoms with Gasteiger partial charge in [0.05, 0.1) is 28.9 Å². The molecule has 8 rings (SSSR count). The van der Waals surface area contributed by atoms with Crippen molar-refractivity contribution in [3.63, 3.8) is 0 Å². The summed E-state index contributed by atoms with van der Waals surface area (Å²) in [6, 6.07) is 20.6. The Bertz CT molecular complexity index is 1360. The van der Waals surface area contributed by atoms with Gasteiger partial charge in [-0.1, -0.05) is 24.3 Å². The van der Waals surface area contributed by atoms with Crippen molar-refractivity contribution in [3.05, 3.63) is 66.9 Å². The third-order valence-electron chi connectivity index (χ3n) is 9.38. The quantitative estimate of drug-likeness (QED) is 0.420. The molecule has 4 saturated carbocycles. The molecule has 4 bridgehead atoms. The summed E-state index contributed by atoms with van der Waals surface area (Å²) in [7, 11) is 0. The Hall–Kier alpha value is -3.62. The molecule has 5 atom stereocenters. The highest BCUT2D eigenvalue weighted by atomic mass is 16.5. The van der Waals surface area contributed by atoms with Crippen LogP contribution in [0.25, 0.3) is 11.3 Å². The van der Waals surface area contributed by atoms with E-state index in [0.29, 0.717) is 49.7 Å². The van der Waals surface area contributed by atoms with Gasteiger partial charge in [-0.15, -0.1) is 0 Å². The number of nitrogens with two attached hydrogens (primary N) is 1. The first-order valence-corrected chi connectivity index (χ1v) is 14.6. The lowest BCUT2D eigenvalue weighted by Crippen LogP contribution is -2.63. The van der Waals surface area contributed by atoms with Crippen LogP contribution in [0, 0.1) is 17.8 Å². The summed E-state index contributed by atoms with van der Waals surface area (Å²) < 4.78 is 5.54. The van der Waals surface area contributed by atoms with Crippen LogP contribution in [0.1, 0.15) is 32.1 Å². The largest absolute Gasteiger partial charge is 0.491 e. The minimum atomic E-state index is -0.496. The summed E-state index contributed by atoms with van der Waals surface area (Å²) in [4.78, 5) is 22.4. The maximum Gasteiger partial charge on any atom is 0.322 e. The number of aliphatic hydroxyl groups is 1. The van der Waals surface area contributed by atoms with Gasteiger partial charge in [0.25, 0.3) is 0 Å². The molecule has 208 valence electrons. The summed E-state index contributed by atoms with van der Waals surface area (Å²) in [5.41, 5.74) is 9.95. The van der Waals surface area contributed by atoms with Crippen molar-refractivity contribution in [2.75, 3.05) is 36.0 Å². The normalized spacial score (nSPS) is 28.4. The van der Waals surface area contributed by atoms with Crippen molar-refractivity contribution < 1.29 is 14.6 Å². The van der Waals surface area contributed by atoms with Gasteiger partial charge in [-0.25, -0.2) is 4.79 Å². The number of para-hydroxylation sites is 2. The number of anilines is 3. The van der Waals surface area contributed by atoms with Crippen LogP contribution in [-0.4, -0.2) is 54.0 Å². The molecule has 0 radical (unpaired) electrons. The lowest BCUT2D eigenvalue weighted by Gasteiger charge is -2.58. The van der Waals surface area contributed by atoms with Crippen LogP contribution in [0.15, 0.2) is 66.9 Å². The van der Waals surface area contributed by atoms with E-state index in [1.165, 1.54) is 0 Å². The summed E-state index contributed by atoms with van der Waals surface area (Å²) in [5.74, 6) is 2.11. The average Bonchev–Trinajstić information content (AvgIpc) is 2.97. The number of ether oxygens (including phenoxy) is 1. The Morgan fingerprint density at radius 1 is 1.00 bits per heavy atom. The standard InChI is InChI=1S/C32H37N5O3/c33-11-14-40-26-9-10-27(34-20-26)22-5-7-25(8-6-22)36-12-13-37(29-4-2-1-3-28(29)36)31(38)35-30-23-15-21-16-24(30)19-32(39,17-21)18-23/h1-10,20-21,23-24,30,39H,11-19,33H2,(H,35,38)/t21?,23-,24+,30?,32?. The lowest BCUT2D eigenvalue weighted by molar-refractivity contribution is -0.136. The van der Waals surface area contributed by atoms with Crippen LogP contribution in [-0.2, 0) is 0 Å². The van der Waals surface area contributed by atoms with Crippen LogP contribution >= 0.6 is 0 Å². The molecule has 2 amide bonds. The van der Waals surface area contributed by atoms with Crippen LogP contribution in [0.5, 0.6) is 5.75 Å². The molecule has 3 aromatic rings. The maximum absolute atomic E-state index is 13.7. The van der Waals surface area contributed by atoms with E-state index in [-0.39, 0.29) is 12.1 Å². The number of benzene rings is 2. The minimum Gasteiger partial charge on any atom is -0.491 e. The second-order valence-electron chi connectivity index (χ2n) is 12.0. The number of hydrogen-bond acceptors (Lipinski definition) is 6. The highest BCUT2D eigenvalue weighted by molar-refractivity contribution is 5.98. The third kappa shape index (κ3) is 4.59. The van der Waals surface area contributed by atoms with Crippen LogP contribution in [0.2, 0.25) is 0 Å². The van der Waals surface area contributed by atoms with E-state index in [1.807, 2.05) is 35.2 Å². The number of hydrogen-bond donors (Lipinski definition) is 3. The van der Waals surface area contributed by atoms with Crippen molar-refractivity contribution in [1.29, 1.82) is 0 Å². The lowest BCUT2D eigenvalue weighted by atomic mass is 9.52. The number of amides is 2. The first-order chi connectivity index (χ1) is 19.5. The third-order valence-corrected chi connectivity index (χ3v) is 9.38. The molecule has 0 saturated heterocycles. The molecular weight excluding hydrogens is 502 g/mol. The molecule has 1 aliphatic heterocycles. The number of rotatable bonds is 6. The van der Waals surface area contributed by atoms with E-state index in [2.05, 4.69) is 45.5 Å². The first-order valence-electron chi connectivity index (χ1n) is 14.6. The zero-order valence-electron chi connectivity index (χ0n) is 22.7. The molecule has 40 heavy (non-hydrogen) atoms. The van der Waals surface area contributed by atoms with Gasteiger partial charge in [0.15, 0.2) is 0 Å². The van der Waals surface area contributed by atoms with Crippen molar-refractivity contribution in [1.82, 2.24) is 10.3 Å². The molecule has 3 unspecified atom stereocenters. The van der Waals surface area contributed by atoms with Crippen LogP contribution in [0.3, 0.4) is 0 Å². The van der Waals surface area contributed by atoms with Crippen molar-refractivity contribution in [2.24, 2.45) is 23.5 Å². The van der Waals surface area contributed by atoms with Gasteiger partial charge in [-0.05, 0) is 86.3 Å². The smallest absolute Gasteiger partial charge is 0.322 e. The van der Waals surface area contributed by atoms with Gasteiger partial charge in [0.2, 0.25) is 0 Å². The van der Waals surface area contributed by atoms with Crippen molar-refractivity contribution >= 4 is 23.1 Å². The molecule has 2 heterocycles. The molecule has 4 fully saturated rings. The molecule has 0 spiro atoms.